The van der Waals surface area contributed by atoms with Crippen molar-refractivity contribution in [2.75, 3.05) is 6.61 Å². The fraction of sp³-hybridized carbons (Fsp3) is 0.650. The Balaban J connectivity index is 1.97. The van der Waals surface area contributed by atoms with Crippen LogP contribution in [0.1, 0.15) is 52.2 Å². The number of aryl methyl sites for hydroxylation is 2. The van der Waals surface area contributed by atoms with E-state index < -0.39 is 11.1 Å². The Hall–Kier alpha value is -1.59. The molecule has 1 aromatic carbocycles. The van der Waals surface area contributed by atoms with Crippen molar-refractivity contribution in [1.82, 2.24) is 10.4 Å². The average Bonchev–Trinajstić information content (AvgIpc) is 2.66. The minimum atomic E-state index is -0.708. The third-order valence-corrected chi connectivity index (χ3v) is 5.22. The van der Waals surface area contributed by atoms with Gasteiger partial charge in [0.2, 0.25) is 5.91 Å². The number of para-hydroxylation sites is 1. The first-order valence-corrected chi connectivity index (χ1v) is 8.93. The van der Waals surface area contributed by atoms with Crippen molar-refractivity contribution in [3.8, 4) is 5.75 Å². The Kier molecular flexibility index (Phi) is 5.50. The minimum absolute atomic E-state index is 0.0750. The lowest BCUT2D eigenvalue weighted by atomic mass is 9.86. The monoisotopic (exact) mass is 347 g/mol. The minimum Gasteiger partial charge on any atom is -0.784 e. The smallest absolute Gasteiger partial charge is 0.225 e. The molecule has 2 atom stereocenters. The van der Waals surface area contributed by atoms with E-state index >= 15 is 0 Å². The molecule has 0 aromatic heterocycles. The summed E-state index contributed by atoms with van der Waals surface area (Å²) in [5, 5.41) is 16.5. The Morgan fingerprint density at radius 1 is 1.32 bits per heavy atom. The quantitative estimate of drug-likeness (QED) is 0.884. The molecule has 0 radical (unpaired) electrons. The Bertz CT molecular complexity index is 620. The molecule has 1 heterocycles. The highest BCUT2D eigenvalue weighted by Gasteiger charge is 2.49. The van der Waals surface area contributed by atoms with Gasteiger partial charge < -0.3 is 20.3 Å². The molecule has 5 heteroatoms. The van der Waals surface area contributed by atoms with Crippen LogP contribution in [0.2, 0.25) is 0 Å². The number of hydroxylamine groups is 2. The number of nitrogens with one attached hydrogen (secondary N) is 1. The van der Waals surface area contributed by atoms with Crippen LogP contribution in [0.3, 0.4) is 0 Å². The zero-order chi connectivity index (χ0) is 19.0. The normalized spacial score (nSPS) is 23.3. The molecule has 1 aliphatic rings. The van der Waals surface area contributed by atoms with Crippen LogP contribution in [-0.2, 0) is 4.79 Å². The maximum atomic E-state index is 12.7. The fourth-order valence-corrected chi connectivity index (χ4v) is 3.79. The molecule has 0 saturated carbocycles. The van der Waals surface area contributed by atoms with Crippen LogP contribution >= 0.6 is 0 Å². The van der Waals surface area contributed by atoms with Crippen molar-refractivity contribution in [2.24, 2.45) is 5.92 Å². The molecule has 5 nitrogen and oxygen atoms in total. The van der Waals surface area contributed by atoms with Crippen molar-refractivity contribution in [2.45, 2.75) is 72.0 Å². The van der Waals surface area contributed by atoms with E-state index in [-0.39, 0.29) is 17.9 Å². The lowest BCUT2D eigenvalue weighted by molar-refractivity contribution is -0.127. The zero-order valence-corrected chi connectivity index (χ0v) is 16.5. The van der Waals surface area contributed by atoms with E-state index in [1.165, 1.54) is 0 Å². The Morgan fingerprint density at radius 2 is 1.88 bits per heavy atom. The van der Waals surface area contributed by atoms with Gasteiger partial charge in [-0.3, -0.25) is 4.79 Å². The molecular weight excluding hydrogens is 316 g/mol. The first-order chi connectivity index (χ1) is 11.5. The second-order valence-electron chi connectivity index (χ2n) is 8.46. The topological polar surface area (TPSA) is 64.6 Å². The third kappa shape index (κ3) is 3.98. The number of nitrogens with zero attached hydrogens (tertiary/aromatic N) is 1. The molecule has 140 valence electrons. The summed E-state index contributed by atoms with van der Waals surface area (Å²) in [5.41, 5.74) is 0.933. The average molecular weight is 347 g/mol. The van der Waals surface area contributed by atoms with E-state index in [0.717, 1.165) is 21.9 Å². The SMILES string of the molecule is Cc1cccc(C)c1OCC(C)NC(=O)C1CC(C)(C)N([O-])C1(C)C. The molecular formula is C20H31N2O3-. The van der Waals surface area contributed by atoms with Gasteiger partial charge in [-0.2, -0.15) is 0 Å². The van der Waals surface area contributed by atoms with Crippen LogP contribution in [0.5, 0.6) is 5.75 Å². The summed E-state index contributed by atoms with van der Waals surface area (Å²) < 4.78 is 5.92. The number of hydrogen-bond donors (Lipinski definition) is 1. The second kappa shape index (κ2) is 6.96. The van der Waals surface area contributed by atoms with Gasteiger partial charge in [0.05, 0.1) is 12.0 Å². The van der Waals surface area contributed by atoms with Gasteiger partial charge in [-0.25, -0.2) is 0 Å². The molecule has 25 heavy (non-hydrogen) atoms. The van der Waals surface area contributed by atoms with Crippen molar-refractivity contribution < 1.29 is 9.53 Å². The van der Waals surface area contributed by atoms with Gasteiger partial charge in [0.15, 0.2) is 0 Å². The van der Waals surface area contributed by atoms with Gasteiger partial charge in [0.25, 0.3) is 0 Å². The van der Waals surface area contributed by atoms with Crippen LogP contribution in [0.4, 0.5) is 0 Å². The summed E-state index contributed by atoms with van der Waals surface area (Å²) in [5.74, 6) is 0.466. The molecule has 1 fully saturated rings. The van der Waals surface area contributed by atoms with Crippen molar-refractivity contribution in [3.63, 3.8) is 0 Å². The summed E-state index contributed by atoms with van der Waals surface area (Å²) >= 11 is 0. The van der Waals surface area contributed by atoms with E-state index in [2.05, 4.69) is 5.32 Å². The summed E-state index contributed by atoms with van der Waals surface area (Å²) in [7, 11) is 0. The van der Waals surface area contributed by atoms with Crippen LogP contribution in [0.15, 0.2) is 18.2 Å². The van der Waals surface area contributed by atoms with Crippen LogP contribution < -0.4 is 10.1 Å². The number of ether oxygens (including phenoxy) is 1. The Labute approximate surface area is 151 Å². The van der Waals surface area contributed by atoms with Gasteiger partial charge in [-0.15, -0.1) is 0 Å². The molecule has 0 bridgehead atoms. The molecule has 0 spiro atoms. The predicted molar refractivity (Wildman–Crippen MR) is 100 cm³/mol. The van der Waals surface area contributed by atoms with Crippen molar-refractivity contribution >= 4 is 5.91 Å². The van der Waals surface area contributed by atoms with Crippen LogP contribution in [0.25, 0.3) is 0 Å². The maximum absolute atomic E-state index is 12.7. The highest BCUT2D eigenvalue weighted by atomic mass is 16.5. The van der Waals surface area contributed by atoms with E-state index in [0.29, 0.717) is 13.0 Å². The van der Waals surface area contributed by atoms with Crippen LogP contribution in [-0.4, -0.2) is 34.7 Å². The van der Waals surface area contributed by atoms with Gasteiger partial charge in [-0.05, 0) is 66.0 Å². The number of benzene rings is 1. The van der Waals surface area contributed by atoms with Crippen molar-refractivity contribution in [3.05, 3.63) is 34.5 Å². The van der Waals surface area contributed by atoms with E-state index in [4.69, 9.17) is 4.74 Å². The lowest BCUT2D eigenvalue weighted by Gasteiger charge is -2.47. The molecule has 1 N–H and O–H groups in total. The Morgan fingerprint density at radius 3 is 2.36 bits per heavy atom. The molecule has 1 aliphatic heterocycles. The van der Waals surface area contributed by atoms with Gasteiger partial charge in [0, 0.05) is 11.1 Å². The van der Waals surface area contributed by atoms with E-state index in [1.54, 1.807) is 0 Å². The predicted octanol–water partition coefficient (Wildman–Crippen LogP) is 3.56. The largest absolute Gasteiger partial charge is 0.784 e. The fourth-order valence-electron chi connectivity index (χ4n) is 3.79. The number of hydrogen-bond acceptors (Lipinski definition) is 4. The summed E-state index contributed by atoms with van der Waals surface area (Å²) in [6.07, 6.45) is 0.555. The van der Waals surface area contributed by atoms with Gasteiger partial charge in [0.1, 0.15) is 12.4 Å². The number of rotatable bonds is 5. The standard InChI is InChI=1S/C20H31N2O3/c1-13-9-8-10-14(2)17(13)25-12-15(3)21-18(23)16-11-19(4,5)22(24)20(16,6)7/h8-10,15-16H,11-12H2,1-7H3,(H,21,23)/q-1. The van der Waals surface area contributed by atoms with Gasteiger partial charge in [-0.1, -0.05) is 18.2 Å². The van der Waals surface area contributed by atoms with Crippen molar-refractivity contribution in [1.29, 1.82) is 0 Å². The molecule has 1 saturated heterocycles. The highest BCUT2D eigenvalue weighted by Crippen LogP contribution is 2.44. The molecule has 1 amide bonds. The molecule has 2 unspecified atom stereocenters. The summed E-state index contributed by atoms with van der Waals surface area (Å²) in [6.45, 7) is 13.8. The molecule has 1 aromatic rings. The van der Waals surface area contributed by atoms with Gasteiger partial charge >= 0.3 is 0 Å². The second-order valence-corrected chi connectivity index (χ2v) is 8.46. The molecule has 0 aliphatic carbocycles. The molecule has 2 rings (SSSR count). The van der Waals surface area contributed by atoms with E-state index in [9.17, 15) is 10.0 Å². The summed E-state index contributed by atoms with van der Waals surface area (Å²) in [4.78, 5) is 12.7. The summed E-state index contributed by atoms with van der Waals surface area (Å²) in [6, 6.07) is 5.89. The number of amides is 1. The first kappa shape index (κ1) is 19.7. The first-order valence-electron chi connectivity index (χ1n) is 8.93. The van der Waals surface area contributed by atoms with E-state index in [1.807, 2.05) is 66.7 Å². The number of carbonyl (C=O) groups excluding carboxylic acids is 1. The lowest BCUT2D eigenvalue weighted by Crippen LogP contribution is -2.50. The zero-order valence-electron chi connectivity index (χ0n) is 16.5. The highest BCUT2D eigenvalue weighted by molar-refractivity contribution is 5.81. The van der Waals surface area contributed by atoms with Crippen LogP contribution in [0, 0.1) is 25.0 Å². The maximum Gasteiger partial charge on any atom is 0.225 e. The number of carbonyl (C=O) groups is 1. The third-order valence-electron chi connectivity index (χ3n) is 5.22.